The van der Waals surface area contributed by atoms with Crippen molar-refractivity contribution < 1.29 is 22.7 Å². The average Bonchev–Trinajstić information content (AvgIpc) is 3.69. The predicted octanol–water partition coefficient (Wildman–Crippen LogP) is 6.10. The maximum atomic E-state index is 13.8. The molecule has 1 amide bonds. The molecule has 1 saturated heterocycles. The highest BCUT2D eigenvalue weighted by atomic mass is 19.4. The molecule has 38 heavy (non-hydrogen) atoms. The summed E-state index contributed by atoms with van der Waals surface area (Å²) in [6, 6.07) is 17.5. The summed E-state index contributed by atoms with van der Waals surface area (Å²) in [6.07, 6.45) is -0.218. The topological polar surface area (TPSA) is 78.3 Å². The zero-order chi connectivity index (χ0) is 27.1. The fraction of sp³-hybridized carbons (Fsp3) is 0.345. The first-order valence-corrected chi connectivity index (χ1v) is 12.5. The van der Waals surface area contributed by atoms with Crippen LogP contribution >= 0.6 is 0 Å². The highest BCUT2D eigenvalue weighted by Gasteiger charge is 2.43. The van der Waals surface area contributed by atoms with Crippen LogP contribution in [0.1, 0.15) is 67.5 Å². The Bertz CT molecular complexity index is 1360. The Balaban J connectivity index is 1.43. The summed E-state index contributed by atoms with van der Waals surface area (Å²) < 4.78 is 41.9. The number of hydrogen-bond acceptors (Lipinski definition) is 5. The molecule has 9 heteroatoms. The van der Waals surface area contributed by atoms with Gasteiger partial charge in [-0.05, 0) is 86.7 Å². The van der Waals surface area contributed by atoms with Gasteiger partial charge in [0.2, 0.25) is 5.91 Å². The molecule has 3 aromatic rings. The van der Waals surface area contributed by atoms with Gasteiger partial charge in [0.25, 0.3) is 0 Å². The summed E-state index contributed by atoms with van der Waals surface area (Å²) in [7, 11) is 0. The van der Waals surface area contributed by atoms with Crippen LogP contribution in [0.25, 0.3) is 0 Å². The smallest absolute Gasteiger partial charge is 0.406 e. The van der Waals surface area contributed by atoms with E-state index in [1.54, 1.807) is 23.1 Å². The van der Waals surface area contributed by atoms with Gasteiger partial charge in [0.1, 0.15) is 5.75 Å². The summed E-state index contributed by atoms with van der Waals surface area (Å²) >= 11 is 0. The number of pyridine rings is 1. The van der Waals surface area contributed by atoms with Crippen molar-refractivity contribution in [3.8, 4) is 11.8 Å². The van der Waals surface area contributed by atoms with Crippen LogP contribution in [0.3, 0.4) is 0 Å². The molecule has 2 heterocycles. The minimum atomic E-state index is -4.81. The molecule has 2 fully saturated rings. The number of anilines is 1. The molecule has 0 spiro atoms. The van der Waals surface area contributed by atoms with Crippen LogP contribution in [-0.4, -0.2) is 23.3 Å². The maximum absolute atomic E-state index is 13.8. The first-order chi connectivity index (χ1) is 18.0. The van der Waals surface area contributed by atoms with Crippen LogP contribution in [0, 0.1) is 11.3 Å². The minimum Gasteiger partial charge on any atom is -0.406 e. The van der Waals surface area contributed by atoms with Crippen molar-refractivity contribution in [2.24, 2.45) is 0 Å². The summed E-state index contributed by atoms with van der Waals surface area (Å²) in [5, 5.41) is 12.9. The molecule has 1 N–H and O–H groups in total. The van der Waals surface area contributed by atoms with Gasteiger partial charge in [0.05, 0.1) is 23.7 Å². The molecule has 6 nitrogen and oxygen atoms in total. The van der Waals surface area contributed by atoms with E-state index in [1.807, 2.05) is 38.2 Å². The number of alkyl halides is 3. The number of nitrogens with one attached hydrogen (secondary N) is 1. The third kappa shape index (κ3) is 5.50. The molecule has 1 saturated carbocycles. The van der Waals surface area contributed by atoms with E-state index in [0.717, 1.165) is 29.7 Å². The van der Waals surface area contributed by atoms with Gasteiger partial charge in [-0.2, -0.15) is 5.26 Å². The zero-order valence-corrected chi connectivity index (χ0v) is 21.0. The molecular formula is C29H27F3N4O2. The number of carbonyl (C=O) groups is 1. The van der Waals surface area contributed by atoms with E-state index >= 15 is 0 Å². The van der Waals surface area contributed by atoms with Gasteiger partial charge in [0, 0.05) is 29.0 Å². The SMILES string of the molecule is CC(C)(N[C@@H]1C[C@H](c2cccc(C#N)c2)N(c2ccc(OC(F)(F)F)cc2)C1=O)c1ccc(C2CC2)nc1. The normalized spacial score (nSPS) is 19.9. The lowest BCUT2D eigenvalue weighted by Gasteiger charge is -2.30. The fourth-order valence-electron chi connectivity index (χ4n) is 5.00. The fourth-order valence-corrected chi connectivity index (χ4v) is 5.00. The zero-order valence-electron chi connectivity index (χ0n) is 21.0. The Labute approximate surface area is 219 Å². The summed E-state index contributed by atoms with van der Waals surface area (Å²) in [5.74, 6) is -0.0331. The Morgan fingerprint density at radius 3 is 2.42 bits per heavy atom. The summed E-state index contributed by atoms with van der Waals surface area (Å²) in [5.41, 5.74) is 3.13. The molecule has 2 atom stereocenters. The molecule has 5 rings (SSSR count). The number of aromatic nitrogens is 1. The van der Waals surface area contributed by atoms with E-state index in [4.69, 9.17) is 0 Å². The minimum absolute atomic E-state index is 0.211. The van der Waals surface area contributed by atoms with E-state index in [9.17, 15) is 23.2 Å². The van der Waals surface area contributed by atoms with E-state index in [2.05, 4.69) is 21.1 Å². The number of carbonyl (C=O) groups excluding carboxylic acids is 1. The number of nitriles is 1. The van der Waals surface area contributed by atoms with Gasteiger partial charge in [-0.25, -0.2) is 0 Å². The Morgan fingerprint density at radius 2 is 1.82 bits per heavy atom. The van der Waals surface area contributed by atoms with Crippen molar-refractivity contribution in [3.05, 3.63) is 89.2 Å². The quantitative estimate of drug-likeness (QED) is 0.407. The van der Waals surface area contributed by atoms with E-state index in [-0.39, 0.29) is 11.7 Å². The first kappa shape index (κ1) is 25.7. The molecule has 2 aliphatic rings. The van der Waals surface area contributed by atoms with Crippen molar-refractivity contribution in [1.82, 2.24) is 10.3 Å². The van der Waals surface area contributed by atoms with Crippen molar-refractivity contribution in [3.63, 3.8) is 0 Å². The second kappa shape index (κ2) is 9.76. The third-order valence-electron chi connectivity index (χ3n) is 7.09. The first-order valence-electron chi connectivity index (χ1n) is 12.5. The second-order valence-electron chi connectivity index (χ2n) is 10.3. The predicted molar refractivity (Wildman–Crippen MR) is 135 cm³/mol. The Hall–Kier alpha value is -3.90. The standard InChI is InChI=1S/C29H27F3N4O2/c1-28(2,21-8-13-24(34-17-21)19-6-7-19)35-25-15-26(20-5-3-4-18(14-20)16-33)36(27(25)37)22-9-11-23(12-10-22)38-29(30,31)32/h3-5,8-14,17,19,25-26,35H,6-7,15H2,1-2H3/t25-,26-/m1/s1. The van der Waals surface area contributed by atoms with Crippen molar-refractivity contribution in [2.45, 2.75) is 63.0 Å². The molecule has 0 bridgehead atoms. The number of ether oxygens (including phenoxy) is 1. The summed E-state index contributed by atoms with van der Waals surface area (Å²) in [4.78, 5) is 20.0. The monoisotopic (exact) mass is 520 g/mol. The highest BCUT2D eigenvalue weighted by Crippen LogP contribution is 2.41. The number of benzene rings is 2. The van der Waals surface area contributed by atoms with Gasteiger partial charge in [0.15, 0.2) is 0 Å². The van der Waals surface area contributed by atoms with Gasteiger partial charge in [-0.3, -0.25) is 15.1 Å². The van der Waals surface area contributed by atoms with E-state index in [1.165, 1.54) is 24.3 Å². The van der Waals surface area contributed by atoms with Crippen LogP contribution < -0.4 is 15.0 Å². The largest absolute Gasteiger partial charge is 0.573 e. The van der Waals surface area contributed by atoms with E-state index in [0.29, 0.717) is 23.6 Å². The molecule has 196 valence electrons. The molecule has 1 aliphatic heterocycles. The third-order valence-corrected chi connectivity index (χ3v) is 7.09. The number of rotatable bonds is 7. The van der Waals surface area contributed by atoms with Gasteiger partial charge < -0.3 is 9.64 Å². The van der Waals surface area contributed by atoms with Crippen molar-refractivity contribution in [2.75, 3.05) is 4.90 Å². The Morgan fingerprint density at radius 1 is 1.08 bits per heavy atom. The lowest BCUT2D eigenvalue weighted by molar-refractivity contribution is -0.274. The molecular weight excluding hydrogens is 493 g/mol. The number of nitrogens with zero attached hydrogens (tertiary/aromatic N) is 3. The number of halogens is 3. The van der Waals surface area contributed by atoms with Crippen LogP contribution in [0.5, 0.6) is 5.75 Å². The molecule has 2 aromatic carbocycles. The number of hydrogen-bond donors (Lipinski definition) is 1. The lowest BCUT2D eigenvalue weighted by atomic mass is 9.93. The van der Waals surface area contributed by atoms with Crippen molar-refractivity contribution in [1.29, 1.82) is 5.26 Å². The Kier molecular flexibility index (Phi) is 6.61. The van der Waals surface area contributed by atoms with Crippen molar-refractivity contribution >= 4 is 11.6 Å². The molecule has 0 unspecified atom stereocenters. The molecule has 1 aromatic heterocycles. The molecule has 1 aliphatic carbocycles. The lowest BCUT2D eigenvalue weighted by Crippen LogP contribution is -2.47. The summed E-state index contributed by atoms with van der Waals surface area (Å²) in [6.45, 7) is 3.98. The van der Waals surface area contributed by atoms with Gasteiger partial charge in [-0.15, -0.1) is 13.2 Å². The van der Waals surface area contributed by atoms with Crippen LogP contribution in [-0.2, 0) is 10.3 Å². The van der Waals surface area contributed by atoms with Crippen LogP contribution in [0.15, 0.2) is 66.9 Å². The maximum Gasteiger partial charge on any atom is 0.573 e. The van der Waals surface area contributed by atoms with Crippen LogP contribution in [0.4, 0.5) is 18.9 Å². The van der Waals surface area contributed by atoms with E-state index < -0.39 is 24.0 Å². The number of amides is 1. The van der Waals surface area contributed by atoms with Gasteiger partial charge >= 0.3 is 6.36 Å². The van der Waals surface area contributed by atoms with Crippen LogP contribution in [0.2, 0.25) is 0 Å². The highest BCUT2D eigenvalue weighted by molar-refractivity contribution is 6.00. The van der Waals surface area contributed by atoms with Gasteiger partial charge in [-0.1, -0.05) is 18.2 Å². The molecule has 0 radical (unpaired) electrons. The second-order valence-corrected chi connectivity index (χ2v) is 10.3. The average molecular weight is 521 g/mol.